The van der Waals surface area contributed by atoms with Crippen LogP contribution in [0.4, 0.5) is 5.69 Å². The highest BCUT2D eigenvalue weighted by Crippen LogP contribution is 2.34. The quantitative estimate of drug-likeness (QED) is 0.577. The summed E-state index contributed by atoms with van der Waals surface area (Å²) in [5.74, 6) is -0.0755. The number of nitrogens with one attached hydrogen (secondary N) is 1. The van der Waals surface area contributed by atoms with E-state index in [0.29, 0.717) is 10.7 Å². The van der Waals surface area contributed by atoms with Gasteiger partial charge in [-0.15, -0.1) is 11.3 Å². The predicted molar refractivity (Wildman–Crippen MR) is 105 cm³/mol. The monoisotopic (exact) mass is 357 g/mol. The average molecular weight is 358 g/mol. The van der Waals surface area contributed by atoms with Crippen LogP contribution in [0.5, 0.6) is 0 Å². The molecular formula is C20H20ClNOS. The number of rotatable bonds is 4. The lowest BCUT2D eigenvalue weighted by Crippen LogP contribution is -2.13. The van der Waals surface area contributed by atoms with Crippen molar-refractivity contribution in [3.8, 4) is 0 Å². The van der Waals surface area contributed by atoms with E-state index >= 15 is 0 Å². The molecule has 0 aliphatic carbocycles. The van der Waals surface area contributed by atoms with Gasteiger partial charge in [0.15, 0.2) is 0 Å². The first-order valence-corrected chi connectivity index (χ1v) is 9.29. The van der Waals surface area contributed by atoms with Crippen molar-refractivity contribution >= 4 is 44.6 Å². The Hall–Kier alpha value is -1.84. The molecule has 1 aromatic heterocycles. The molecule has 0 aliphatic heterocycles. The molecule has 0 saturated carbocycles. The largest absolute Gasteiger partial charge is 0.320 e. The molecule has 3 aromatic rings. The van der Waals surface area contributed by atoms with Gasteiger partial charge in [0.2, 0.25) is 0 Å². The first-order valence-electron chi connectivity index (χ1n) is 8.09. The van der Waals surface area contributed by atoms with E-state index in [2.05, 4.69) is 24.4 Å². The van der Waals surface area contributed by atoms with E-state index in [1.165, 1.54) is 5.39 Å². The van der Waals surface area contributed by atoms with Crippen LogP contribution in [0.15, 0.2) is 36.4 Å². The number of halogens is 1. The minimum atomic E-state index is -0.0755. The Balaban J connectivity index is 2.02. The van der Waals surface area contributed by atoms with E-state index in [-0.39, 0.29) is 5.91 Å². The van der Waals surface area contributed by atoms with Crippen LogP contribution in [0.25, 0.3) is 10.1 Å². The maximum absolute atomic E-state index is 12.9. The minimum Gasteiger partial charge on any atom is -0.320 e. The van der Waals surface area contributed by atoms with Crippen molar-refractivity contribution < 1.29 is 4.79 Å². The standard InChI is InChI=1S/C20H20ClNOS/c1-4-7-15-14-8-5-6-9-17(14)24-19(15)20(23)22-18-13(3)10-12(2)11-16(18)21/h5-6,8-11H,4,7H2,1-3H3,(H,22,23). The second-order valence-corrected chi connectivity index (χ2v) is 7.51. The summed E-state index contributed by atoms with van der Waals surface area (Å²) in [7, 11) is 0. The van der Waals surface area contributed by atoms with Crippen LogP contribution >= 0.6 is 22.9 Å². The van der Waals surface area contributed by atoms with E-state index in [0.717, 1.165) is 39.1 Å². The van der Waals surface area contributed by atoms with Crippen molar-refractivity contribution in [2.75, 3.05) is 5.32 Å². The molecule has 0 atom stereocenters. The van der Waals surface area contributed by atoms with Crippen LogP contribution in [-0.4, -0.2) is 5.91 Å². The molecule has 4 heteroatoms. The zero-order valence-electron chi connectivity index (χ0n) is 14.1. The summed E-state index contributed by atoms with van der Waals surface area (Å²) in [6.45, 7) is 6.09. The molecule has 0 spiro atoms. The highest BCUT2D eigenvalue weighted by atomic mass is 35.5. The predicted octanol–water partition coefficient (Wildman–Crippen LogP) is 6.38. The van der Waals surface area contributed by atoms with Gasteiger partial charge < -0.3 is 5.32 Å². The normalized spacial score (nSPS) is 11.0. The van der Waals surface area contributed by atoms with Crippen LogP contribution in [0, 0.1) is 13.8 Å². The number of benzene rings is 2. The first kappa shape index (κ1) is 17.0. The molecule has 1 N–H and O–H groups in total. The van der Waals surface area contributed by atoms with Crippen LogP contribution < -0.4 is 5.32 Å². The van der Waals surface area contributed by atoms with Gasteiger partial charge in [-0.2, -0.15) is 0 Å². The van der Waals surface area contributed by atoms with Crippen molar-refractivity contribution in [3.05, 3.63) is 63.0 Å². The van der Waals surface area contributed by atoms with Gasteiger partial charge in [0.1, 0.15) is 0 Å². The van der Waals surface area contributed by atoms with Crippen molar-refractivity contribution in [2.24, 2.45) is 0 Å². The van der Waals surface area contributed by atoms with Crippen LogP contribution in [-0.2, 0) is 6.42 Å². The highest BCUT2D eigenvalue weighted by Gasteiger charge is 2.19. The molecule has 3 rings (SSSR count). The summed E-state index contributed by atoms with van der Waals surface area (Å²) in [6, 6.07) is 12.1. The Bertz CT molecular complexity index is 890. The summed E-state index contributed by atoms with van der Waals surface area (Å²) in [5.41, 5.74) is 3.90. The zero-order valence-corrected chi connectivity index (χ0v) is 15.6. The van der Waals surface area contributed by atoms with E-state index < -0.39 is 0 Å². The topological polar surface area (TPSA) is 29.1 Å². The van der Waals surface area contributed by atoms with Gasteiger partial charge >= 0.3 is 0 Å². The second-order valence-electron chi connectivity index (χ2n) is 6.05. The lowest BCUT2D eigenvalue weighted by atomic mass is 10.1. The Morgan fingerprint density at radius 2 is 1.96 bits per heavy atom. The number of hydrogen-bond acceptors (Lipinski definition) is 2. The second kappa shape index (κ2) is 6.96. The fraction of sp³-hybridized carbons (Fsp3) is 0.250. The van der Waals surface area contributed by atoms with Gasteiger partial charge in [0.25, 0.3) is 5.91 Å². The number of aryl methyl sites for hydroxylation is 3. The van der Waals surface area contributed by atoms with Crippen LogP contribution in [0.1, 0.15) is 39.7 Å². The van der Waals surface area contributed by atoms with Crippen molar-refractivity contribution in [3.63, 3.8) is 0 Å². The Labute approximate surface area is 151 Å². The van der Waals surface area contributed by atoms with Crippen molar-refractivity contribution in [2.45, 2.75) is 33.6 Å². The van der Waals surface area contributed by atoms with Crippen molar-refractivity contribution in [1.82, 2.24) is 0 Å². The van der Waals surface area contributed by atoms with Gasteiger partial charge in [0.05, 0.1) is 15.6 Å². The maximum atomic E-state index is 12.9. The molecule has 0 saturated heterocycles. The summed E-state index contributed by atoms with van der Waals surface area (Å²) in [5, 5.41) is 4.79. The first-order chi connectivity index (χ1) is 11.5. The summed E-state index contributed by atoms with van der Waals surface area (Å²) in [4.78, 5) is 13.7. The van der Waals surface area contributed by atoms with E-state index in [9.17, 15) is 4.79 Å². The molecule has 0 unspecified atom stereocenters. The minimum absolute atomic E-state index is 0.0755. The Kier molecular flexibility index (Phi) is 4.93. The molecule has 0 bridgehead atoms. The maximum Gasteiger partial charge on any atom is 0.266 e. The SMILES string of the molecule is CCCc1c(C(=O)Nc2c(C)cc(C)cc2Cl)sc2ccccc12. The fourth-order valence-corrected chi connectivity index (χ4v) is 4.54. The summed E-state index contributed by atoms with van der Waals surface area (Å²) >= 11 is 7.89. The van der Waals surface area contributed by atoms with Crippen LogP contribution in [0.3, 0.4) is 0 Å². The average Bonchev–Trinajstić information content (AvgIpc) is 2.90. The molecule has 1 amide bonds. The number of amides is 1. The number of carbonyl (C=O) groups is 1. The van der Waals surface area contributed by atoms with Crippen LogP contribution in [0.2, 0.25) is 5.02 Å². The molecule has 24 heavy (non-hydrogen) atoms. The number of anilines is 1. The zero-order chi connectivity index (χ0) is 17.3. The molecule has 0 aliphatic rings. The van der Waals surface area contributed by atoms with Gasteiger partial charge in [-0.05, 0) is 54.5 Å². The highest BCUT2D eigenvalue weighted by molar-refractivity contribution is 7.21. The van der Waals surface area contributed by atoms with E-state index in [1.54, 1.807) is 11.3 Å². The Morgan fingerprint density at radius 1 is 1.21 bits per heavy atom. The number of thiophene rings is 1. The molecule has 124 valence electrons. The van der Waals surface area contributed by atoms with Crippen molar-refractivity contribution in [1.29, 1.82) is 0 Å². The van der Waals surface area contributed by atoms with Gasteiger partial charge in [-0.25, -0.2) is 0 Å². The third-order valence-corrected chi connectivity index (χ3v) is 5.58. The Morgan fingerprint density at radius 3 is 2.67 bits per heavy atom. The lowest BCUT2D eigenvalue weighted by Gasteiger charge is -2.12. The van der Waals surface area contributed by atoms with E-state index in [4.69, 9.17) is 11.6 Å². The number of fused-ring (bicyclic) bond motifs is 1. The fourth-order valence-electron chi connectivity index (χ4n) is 3.02. The lowest BCUT2D eigenvalue weighted by molar-refractivity contribution is 0.102. The molecule has 0 fully saturated rings. The smallest absolute Gasteiger partial charge is 0.266 e. The molecule has 2 aromatic carbocycles. The van der Waals surface area contributed by atoms with E-state index in [1.807, 2.05) is 38.1 Å². The summed E-state index contributed by atoms with van der Waals surface area (Å²) in [6.07, 6.45) is 1.90. The molecule has 0 radical (unpaired) electrons. The number of hydrogen-bond donors (Lipinski definition) is 1. The number of carbonyl (C=O) groups excluding carboxylic acids is 1. The molecular weight excluding hydrogens is 338 g/mol. The van der Waals surface area contributed by atoms with Gasteiger partial charge in [-0.3, -0.25) is 4.79 Å². The third kappa shape index (κ3) is 3.19. The van der Waals surface area contributed by atoms with Gasteiger partial charge in [-0.1, -0.05) is 49.2 Å². The summed E-state index contributed by atoms with van der Waals surface area (Å²) < 4.78 is 1.15. The third-order valence-electron chi connectivity index (χ3n) is 4.07. The van der Waals surface area contributed by atoms with Gasteiger partial charge in [0, 0.05) is 4.70 Å². The molecule has 1 heterocycles. The molecule has 2 nitrogen and oxygen atoms in total.